The Hall–Kier alpha value is -5.83. The van der Waals surface area contributed by atoms with E-state index in [1.807, 2.05) is 66.7 Å². The van der Waals surface area contributed by atoms with Crippen molar-refractivity contribution in [2.75, 3.05) is 44.4 Å². The smallest absolute Gasteiger partial charge is 0.319 e. The number of hydrogen-bond donors (Lipinski definition) is 0. The molecule has 3 atom stereocenters. The van der Waals surface area contributed by atoms with Gasteiger partial charge in [-0.1, -0.05) is 72.7 Å². The molecule has 6 heterocycles. The van der Waals surface area contributed by atoms with Crippen LogP contribution in [0.1, 0.15) is 54.5 Å². The van der Waals surface area contributed by atoms with Crippen LogP contribution in [0.25, 0.3) is 32.9 Å². The maximum Gasteiger partial charge on any atom is 0.319 e. The number of hydrogen-bond acceptors (Lipinski definition) is 8. The zero-order chi connectivity index (χ0) is 39.4. The minimum Gasteiger partial charge on any atom is -0.461 e. The van der Waals surface area contributed by atoms with Crippen LogP contribution in [0, 0.1) is 24.0 Å². The van der Waals surface area contributed by atoms with E-state index >= 15 is 8.78 Å². The quantitative estimate of drug-likeness (QED) is 0.119. The van der Waals surface area contributed by atoms with Crippen molar-refractivity contribution >= 4 is 38.9 Å². The number of terminal acetylenes is 1. The minimum atomic E-state index is -0.929. The highest BCUT2D eigenvalue weighted by Gasteiger charge is 2.49. The predicted octanol–water partition coefficient (Wildman–Crippen LogP) is 8.77. The first-order valence-corrected chi connectivity index (χ1v) is 20.1. The van der Waals surface area contributed by atoms with Crippen molar-refractivity contribution in [1.29, 1.82) is 0 Å². The van der Waals surface area contributed by atoms with E-state index in [1.165, 1.54) is 6.07 Å². The third kappa shape index (κ3) is 6.35. The molecule has 10 rings (SSSR count). The van der Waals surface area contributed by atoms with Gasteiger partial charge in [-0.05, 0) is 62.2 Å². The molecule has 0 N–H and O–H groups in total. The van der Waals surface area contributed by atoms with Crippen LogP contribution in [0.4, 0.5) is 24.7 Å². The molecule has 6 aromatic rings. The van der Waals surface area contributed by atoms with Gasteiger partial charge in [0.25, 0.3) is 0 Å². The number of aliphatic imine (C=N–C) groups is 1. The van der Waals surface area contributed by atoms with Gasteiger partial charge in [0, 0.05) is 48.2 Å². The third-order valence-corrected chi connectivity index (χ3v) is 12.3. The summed E-state index contributed by atoms with van der Waals surface area (Å²) in [6.07, 6.45) is 9.15. The first kappa shape index (κ1) is 36.5. The molecule has 2 aromatic heterocycles. The fraction of sp³-hybridized carbons (Fsp3) is 0.319. The fourth-order valence-electron chi connectivity index (χ4n) is 9.57. The first-order valence-electron chi connectivity index (χ1n) is 20.1. The van der Waals surface area contributed by atoms with Gasteiger partial charge in [0.15, 0.2) is 5.82 Å². The average Bonchev–Trinajstić information content (AvgIpc) is 3.60. The first-order chi connectivity index (χ1) is 28.4. The highest BCUT2D eigenvalue weighted by Crippen LogP contribution is 2.44. The number of aryl methyl sites for hydroxylation is 1. The number of benzene rings is 4. The molecule has 0 spiro atoms. The summed E-state index contributed by atoms with van der Waals surface area (Å²) in [4.78, 5) is 24.4. The SMILES string of the molecule is C#Cc1c(F)ccc2cc(N=C(c3ccccc3)c3ccccc3)cc(-c3nc4c5c(nc(OC[C@@]67CCCN6C[C@H](F)C7)nc5c3F)N3CCCOC[C@@H]3CC4)c12. The lowest BCUT2D eigenvalue weighted by Gasteiger charge is -2.31. The van der Waals surface area contributed by atoms with Crippen molar-refractivity contribution in [1.82, 2.24) is 19.9 Å². The molecule has 292 valence electrons. The largest absolute Gasteiger partial charge is 0.461 e. The van der Waals surface area contributed by atoms with Crippen LogP contribution < -0.4 is 9.64 Å². The zero-order valence-electron chi connectivity index (χ0n) is 31.9. The molecule has 0 bridgehead atoms. The lowest BCUT2D eigenvalue weighted by atomic mass is 9.94. The maximum absolute atomic E-state index is 17.8. The second-order valence-electron chi connectivity index (χ2n) is 15.8. The van der Waals surface area contributed by atoms with Crippen LogP contribution in [-0.4, -0.2) is 82.8 Å². The Morgan fingerprint density at radius 3 is 2.52 bits per heavy atom. The molecule has 4 aliphatic heterocycles. The van der Waals surface area contributed by atoms with Crippen LogP contribution in [-0.2, 0) is 11.2 Å². The van der Waals surface area contributed by atoms with E-state index in [1.54, 1.807) is 12.1 Å². The van der Waals surface area contributed by atoms with E-state index in [0.717, 1.165) is 36.9 Å². The summed E-state index contributed by atoms with van der Waals surface area (Å²) in [7, 11) is 0. The van der Waals surface area contributed by atoms with Crippen molar-refractivity contribution in [2.24, 2.45) is 4.99 Å². The maximum atomic E-state index is 17.8. The molecule has 0 amide bonds. The van der Waals surface area contributed by atoms with Crippen LogP contribution >= 0.6 is 0 Å². The van der Waals surface area contributed by atoms with Crippen molar-refractivity contribution in [3.05, 3.63) is 119 Å². The van der Waals surface area contributed by atoms with Gasteiger partial charge in [0.1, 0.15) is 35.6 Å². The zero-order valence-corrected chi connectivity index (χ0v) is 31.9. The highest BCUT2D eigenvalue weighted by molar-refractivity contribution is 6.14. The van der Waals surface area contributed by atoms with Crippen molar-refractivity contribution < 1.29 is 22.6 Å². The topological polar surface area (TPSA) is 76.0 Å². The summed E-state index contributed by atoms with van der Waals surface area (Å²) in [6.45, 7) is 3.14. The van der Waals surface area contributed by atoms with Crippen molar-refractivity contribution in [3.8, 4) is 29.6 Å². The number of rotatable bonds is 7. The van der Waals surface area contributed by atoms with Gasteiger partial charge < -0.3 is 14.4 Å². The van der Waals surface area contributed by atoms with E-state index in [-0.39, 0.29) is 35.4 Å². The molecule has 4 aromatic carbocycles. The highest BCUT2D eigenvalue weighted by atomic mass is 19.1. The molecule has 0 unspecified atom stereocenters. The van der Waals surface area contributed by atoms with Gasteiger partial charge in [0.2, 0.25) is 0 Å². The number of ether oxygens (including phenoxy) is 2. The van der Waals surface area contributed by atoms with Crippen LogP contribution in [0.3, 0.4) is 0 Å². The van der Waals surface area contributed by atoms with Gasteiger partial charge in [-0.25, -0.2) is 23.1 Å². The molecule has 0 saturated carbocycles. The van der Waals surface area contributed by atoms with Gasteiger partial charge in [-0.2, -0.15) is 9.97 Å². The number of pyridine rings is 1. The fourth-order valence-corrected chi connectivity index (χ4v) is 9.57. The summed E-state index contributed by atoms with van der Waals surface area (Å²) in [5.41, 5.74) is 3.49. The van der Waals surface area contributed by atoms with E-state index < -0.39 is 23.3 Å². The summed E-state index contributed by atoms with van der Waals surface area (Å²) >= 11 is 0. The van der Waals surface area contributed by atoms with Crippen molar-refractivity contribution in [3.63, 3.8) is 0 Å². The van der Waals surface area contributed by atoms with Crippen molar-refractivity contribution in [2.45, 2.75) is 56.3 Å². The number of anilines is 1. The molecule has 11 heteroatoms. The Morgan fingerprint density at radius 2 is 1.74 bits per heavy atom. The molecule has 4 aliphatic rings. The number of aromatic nitrogens is 3. The number of halogens is 3. The molecule has 0 radical (unpaired) electrons. The second kappa shape index (κ2) is 14.8. The minimum absolute atomic E-state index is 0.00238. The number of nitrogens with zero attached hydrogens (tertiary/aromatic N) is 6. The van der Waals surface area contributed by atoms with E-state index in [0.29, 0.717) is 90.2 Å². The van der Waals surface area contributed by atoms with E-state index in [4.69, 9.17) is 35.8 Å². The Labute approximate surface area is 334 Å². The summed E-state index contributed by atoms with van der Waals surface area (Å²) in [5.74, 6) is 1.77. The van der Waals surface area contributed by atoms with Gasteiger partial charge >= 0.3 is 6.01 Å². The van der Waals surface area contributed by atoms with Gasteiger partial charge in [-0.3, -0.25) is 4.90 Å². The predicted molar refractivity (Wildman–Crippen MR) is 220 cm³/mol. The monoisotopic (exact) mass is 778 g/mol. The second-order valence-corrected chi connectivity index (χ2v) is 15.8. The number of alkyl halides is 1. The Bertz CT molecular complexity index is 2590. The lowest BCUT2D eigenvalue weighted by molar-refractivity contribution is 0.107. The van der Waals surface area contributed by atoms with Gasteiger partial charge in [0.05, 0.1) is 46.2 Å². The summed E-state index contributed by atoms with van der Waals surface area (Å²) < 4.78 is 60.6. The van der Waals surface area contributed by atoms with E-state index in [9.17, 15) is 4.39 Å². The molecule has 3 saturated heterocycles. The standard InChI is InChI=1S/C47H41F3N6O2/c1-2-35-37(49)17-15-31-23-33(51-42(29-11-5-3-6-12-29)30-13-7-4-8-14-30)24-36(39(31)35)43-41(50)44-40-38(52-43)18-16-34-27-57-22-10-21-56(34)45(40)54-46(53-44)58-28-47-19-9-20-55(47)26-32(48)25-47/h1,3-8,11-15,17,23-24,32,34H,9-10,16,18-22,25-28H2/t32-,34+,47+/m1/s1. The van der Waals surface area contributed by atoms with Crippen LogP contribution in [0.5, 0.6) is 6.01 Å². The Balaban J connectivity index is 1.19. The molecule has 8 nitrogen and oxygen atoms in total. The normalized spacial score (nSPS) is 21.6. The molecule has 58 heavy (non-hydrogen) atoms. The van der Waals surface area contributed by atoms with E-state index in [2.05, 4.69) is 15.7 Å². The summed E-state index contributed by atoms with van der Waals surface area (Å²) in [5, 5.41) is 1.45. The summed E-state index contributed by atoms with van der Waals surface area (Å²) in [6, 6.07) is 26.2. The molecule has 3 fully saturated rings. The van der Waals surface area contributed by atoms with Crippen LogP contribution in [0.15, 0.2) is 89.9 Å². The molecular formula is C47H41F3N6O2. The Kier molecular flexibility index (Phi) is 9.34. The van der Waals surface area contributed by atoms with Gasteiger partial charge in [-0.15, -0.1) is 6.42 Å². The molecule has 0 aliphatic carbocycles. The average molecular weight is 779 g/mol. The Morgan fingerprint density at radius 1 is 0.948 bits per heavy atom. The third-order valence-electron chi connectivity index (χ3n) is 12.3. The van der Waals surface area contributed by atoms with Crippen LogP contribution in [0.2, 0.25) is 0 Å². The number of fused-ring (bicyclic) bond motifs is 4. The molecular weight excluding hydrogens is 738 g/mol. The lowest BCUT2D eigenvalue weighted by Crippen LogP contribution is -2.43.